The molecule has 0 saturated carbocycles. The van der Waals surface area contributed by atoms with Crippen LogP contribution >= 0.6 is 11.3 Å². The number of fused-ring (bicyclic) bond motifs is 2. The first-order chi connectivity index (χ1) is 13.2. The molecule has 0 aliphatic carbocycles. The molecule has 1 unspecified atom stereocenters. The van der Waals surface area contributed by atoms with Crippen molar-refractivity contribution in [2.45, 2.75) is 45.2 Å². The van der Waals surface area contributed by atoms with E-state index < -0.39 is 0 Å². The fraction of sp³-hybridized carbons (Fsp3) is 0.389. The van der Waals surface area contributed by atoms with Crippen molar-refractivity contribution in [2.24, 2.45) is 0 Å². The molecule has 9 heteroatoms. The number of rotatable bonds is 4. The van der Waals surface area contributed by atoms with Gasteiger partial charge in [0.2, 0.25) is 0 Å². The maximum atomic E-state index is 4.77. The number of thiophene rings is 1. The van der Waals surface area contributed by atoms with Gasteiger partial charge in [0.05, 0.1) is 6.04 Å². The van der Waals surface area contributed by atoms with Gasteiger partial charge in [-0.1, -0.05) is 13.8 Å². The molecule has 1 aliphatic heterocycles. The summed E-state index contributed by atoms with van der Waals surface area (Å²) in [4.78, 5) is 4.77. The Balaban J connectivity index is 1.48. The van der Waals surface area contributed by atoms with E-state index >= 15 is 0 Å². The molecule has 0 spiro atoms. The van der Waals surface area contributed by atoms with Crippen molar-refractivity contribution in [1.82, 2.24) is 34.6 Å². The highest BCUT2D eigenvalue weighted by Crippen LogP contribution is 2.28. The molecule has 0 amide bonds. The standard InChI is InChI=1S/C18H20N8S/c1-11(2)16-20-18-13(4-3-8-25(18)24-16)19-14-5-6-15-21-22-17(26(15)23-14)12-7-9-27-10-12/h5-7,9-11,13H,3-4,8H2,1-2H3,(H,19,23). The van der Waals surface area contributed by atoms with E-state index in [1.807, 2.05) is 28.3 Å². The summed E-state index contributed by atoms with van der Waals surface area (Å²) in [6.07, 6.45) is 2.08. The number of aryl methyl sites for hydroxylation is 1. The van der Waals surface area contributed by atoms with Crippen molar-refractivity contribution < 1.29 is 0 Å². The predicted molar refractivity (Wildman–Crippen MR) is 104 cm³/mol. The summed E-state index contributed by atoms with van der Waals surface area (Å²) >= 11 is 1.63. The maximum Gasteiger partial charge on any atom is 0.186 e. The van der Waals surface area contributed by atoms with E-state index in [1.54, 1.807) is 15.9 Å². The molecule has 5 heterocycles. The van der Waals surface area contributed by atoms with Crippen molar-refractivity contribution in [3.63, 3.8) is 0 Å². The average Bonchev–Trinajstić information content (AvgIpc) is 3.40. The highest BCUT2D eigenvalue weighted by molar-refractivity contribution is 7.08. The van der Waals surface area contributed by atoms with E-state index in [2.05, 4.69) is 39.8 Å². The van der Waals surface area contributed by atoms with Crippen molar-refractivity contribution in [3.05, 3.63) is 40.6 Å². The Morgan fingerprint density at radius 1 is 1.19 bits per heavy atom. The molecule has 0 bridgehead atoms. The van der Waals surface area contributed by atoms with Crippen LogP contribution in [0.2, 0.25) is 0 Å². The lowest BCUT2D eigenvalue weighted by Crippen LogP contribution is -2.23. The molecule has 4 aromatic rings. The van der Waals surface area contributed by atoms with Crippen LogP contribution in [0.3, 0.4) is 0 Å². The van der Waals surface area contributed by atoms with Gasteiger partial charge in [-0.25, -0.2) is 9.67 Å². The molecule has 0 radical (unpaired) electrons. The monoisotopic (exact) mass is 380 g/mol. The van der Waals surface area contributed by atoms with Gasteiger partial charge >= 0.3 is 0 Å². The lowest BCUT2D eigenvalue weighted by molar-refractivity contribution is 0.436. The van der Waals surface area contributed by atoms with Gasteiger partial charge in [-0.3, -0.25) is 0 Å². The maximum absolute atomic E-state index is 4.77. The fourth-order valence-electron chi connectivity index (χ4n) is 3.37. The lowest BCUT2D eigenvalue weighted by atomic mass is 10.1. The van der Waals surface area contributed by atoms with E-state index in [0.717, 1.165) is 53.9 Å². The van der Waals surface area contributed by atoms with Gasteiger partial charge in [-0.2, -0.15) is 21.0 Å². The smallest absolute Gasteiger partial charge is 0.186 e. The van der Waals surface area contributed by atoms with Crippen molar-refractivity contribution in [2.75, 3.05) is 5.32 Å². The number of anilines is 1. The van der Waals surface area contributed by atoms with E-state index in [9.17, 15) is 0 Å². The van der Waals surface area contributed by atoms with Crippen LogP contribution in [0.4, 0.5) is 5.82 Å². The number of aromatic nitrogens is 7. The van der Waals surface area contributed by atoms with Gasteiger partial charge in [0.15, 0.2) is 17.3 Å². The first-order valence-electron chi connectivity index (χ1n) is 9.15. The molecule has 4 aromatic heterocycles. The minimum atomic E-state index is 0.102. The predicted octanol–water partition coefficient (Wildman–Crippen LogP) is 3.51. The zero-order chi connectivity index (χ0) is 18.4. The largest absolute Gasteiger partial charge is 0.359 e. The summed E-state index contributed by atoms with van der Waals surface area (Å²) in [6.45, 7) is 5.17. The SMILES string of the molecule is CC(C)c1nc2n(n1)CCCC2Nc1ccc2nnc(-c3ccsc3)n2n1. The Hall–Kier alpha value is -2.81. The Labute approximate surface area is 160 Å². The molecule has 1 N–H and O–H groups in total. The second-order valence-electron chi connectivity index (χ2n) is 7.07. The molecule has 1 atom stereocenters. The van der Waals surface area contributed by atoms with Crippen LogP contribution in [0.25, 0.3) is 17.0 Å². The molecule has 0 fully saturated rings. The van der Waals surface area contributed by atoms with Crippen LogP contribution in [0.1, 0.15) is 50.3 Å². The summed E-state index contributed by atoms with van der Waals surface area (Å²) in [5.74, 6) is 3.76. The van der Waals surface area contributed by atoms with E-state index in [1.165, 1.54) is 0 Å². The second kappa shape index (κ2) is 6.41. The summed E-state index contributed by atoms with van der Waals surface area (Å²) in [7, 11) is 0. The Morgan fingerprint density at radius 3 is 2.93 bits per heavy atom. The molecule has 0 aromatic carbocycles. The number of nitrogens with one attached hydrogen (secondary N) is 1. The third kappa shape index (κ3) is 2.87. The van der Waals surface area contributed by atoms with Crippen LogP contribution in [0, 0.1) is 0 Å². The highest BCUT2D eigenvalue weighted by Gasteiger charge is 2.25. The summed E-state index contributed by atoms with van der Waals surface area (Å²) < 4.78 is 3.82. The van der Waals surface area contributed by atoms with E-state index in [-0.39, 0.29) is 6.04 Å². The second-order valence-corrected chi connectivity index (χ2v) is 7.85. The third-order valence-corrected chi connectivity index (χ3v) is 5.46. The highest BCUT2D eigenvalue weighted by atomic mass is 32.1. The molecule has 0 saturated heterocycles. The summed E-state index contributed by atoms with van der Waals surface area (Å²) in [5, 5.41) is 25.5. The normalized spacial score (nSPS) is 16.8. The van der Waals surface area contributed by atoms with Gasteiger partial charge in [0.1, 0.15) is 11.6 Å². The van der Waals surface area contributed by atoms with Crippen LogP contribution < -0.4 is 5.32 Å². The van der Waals surface area contributed by atoms with Gasteiger partial charge < -0.3 is 5.32 Å². The van der Waals surface area contributed by atoms with E-state index in [0.29, 0.717) is 5.92 Å². The number of nitrogens with zero attached hydrogens (tertiary/aromatic N) is 7. The molecular weight excluding hydrogens is 360 g/mol. The first kappa shape index (κ1) is 16.4. The zero-order valence-corrected chi connectivity index (χ0v) is 16.0. The molecule has 8 nitrogen and oxygen atoms in total. The minimum absolute atomic E-state index is 0.102. The van der Waals surface area contributed by atoms with Crippen molar-refractivity contribution in [3.8, 4) is 11.4 Å². The van der Waals surface area contributed by atoms with Gasteiger partial charge in [-0.05, 0) is 36.4 Å². The number of hydrogen-bond donors (Lipinski definition) is 1. The number of hydrogen-bond acceptors (Lipinski definition) is 7. The Morgan fingerprint density at radius 2 is 2.11 bits per heavy atom. The van der Waals surface area contributed by atoms with Gasteiger partial charge in [0.25, 0.3) is 0 Å². The van der Waals surface area contributed by atoms with Crippen LogP contribution in [0.15, 0.2) is 29.0 Å². The van der Waals surface area contributed by atoms with Gasteiger partial charge in [-0.15, -0.1) is 15.3 Å². The third-order valence-electron chi connectivity index (χ3n) is 4.77. The molecule has 27 heavy (non-hydrogen) atoms. The first-order valence-corrected chi connectivity index (χ1v) is 10.1. The van der Waals surface area contributed by atoms with Crippen LogP contribution in [0.5, 0.6) is 0 Å². The minimum Gasteiger partial charge on any atom is -0.359 e. The molecular formula is C18H20N8S. The Kier molecular flexibility index (Phi) is 3.89. The Bertz CT molecular complexity index is 1080. The van der Waals surface area contributed by atoms with Crippen molar-refractivity contribution >= 4 is 22.8 Å². The van der Waals surface area contributed by atoms with Crippen molar-refractivity contribution in [1.29, 1.82) is 0 Å². The van der Waals surface area contributed by atoms with Crippen LogP contribution in [-0.2, 0) is 6.54 Å². The topological polar surface area (TPSA) is 85.8 Å². The van der Waals surface area contributed by atoms with Crippen LogP contribution in [-0.4, -0.2) is 34.6 Å². The lowest BCUT2D eigenvalue weighted by Gasteiger charge is -2.23. The fourth-order valence-corrected chi connectivity index (χ4v) is 4.00. The summed E-state index contributed by atoms with van der Waals surface area (Å²) in [5.41, 5.74) is 1.76. The van der Waals surface area contributed by atoms with E-state index in [4.69, 9.17) is 10.1 Å². The molecule has 138 valence electrons. The molecule has 1 aliphatic rings. The zero-order valence-electron chi connectivity index (χ0n) is 15.2. The molecule has 5 rings (SSSR count). The quantitative estimate of drug-likeness (QED) is 0.583. The average molecular weight is 380 g/mol. The summed E-state index contributed by atoms with van der Waals surface area (Å²) in [6, 6.07) is 6.01. The van der Waals surface area contributed by atoms with Gasteiger partial charge in [0, 0.05) is 23.4 Å².